The van der Waals surface area contributed by atoms with Gasteiger partial charge in [0.05, 0.1) is 34.4 Å². The first-order valence-electron chi connectivity index (χ1n) is 30.3. The number of carboxylic acids is 1. The Labute approximate surface area is 444 Å². The number of ether oxygens (including phenoxy) is 4. The van der Waals surface area contributed by atoms with Gasteiger partial charge in [0.15, 0.2) is 6.10 Å². The molecule has 2 unspecified atom stereocenters. The van der Waals surface area contributed by atoms with E-state index in [1.807, 2.05) is 21.1 Å². The Morgan fingerprint density at radius 3 is 1.12 bits per heavy atom. The van der Waals surface area contributed by atoms with E-state index < -0.39 is 24.3 Å². The zero-order valence-electron chi connectivity index (χ0n) is 47.8. The number of aliphatic carboxylic acids is 1. The van der Waals surface area contributed by atoms with Gasteiger partial charge in [-0.2, -0.15) is 0 Å². The Morgan fingerprint density at radius 1 is 0.417 bits per heavy atom. The van der Waals surface area contributed by atoms with Gasteiger partial charge < -0.3 is 28.5 Å². The molecule has 0 aromatic carbocycles. The van der Waals surface area contributed by atoms with Crippen molar-refractivity contribution in [1.82, 2.24) is 0 Å². The van der Waals surface area contributed by atoms with Crippen molar-refractivity contribution < 1.29 is 42.9 Å². The van der Waals surface area contributed by atoms with Crippen LogP contribution in [0.3, 0.4) is 0 Å². The highest BCUT2D eigenvalue weighted by atomic mass is 16.7. The van der Waals surface area contributed by atoms with Crippen LogP contribution in [0.5, 0.6) is 0 Å². The van der Waals surface area contributed by atoms with Crippen LogP contribution in [0.15, 0.2) is 48.6 Å². The fraction of sp³-hybridized carbons (Fsp3) is 0.825. The lowest BCUT2D eigenvalue weighted by atomic mass is 10.0. The summed E-state index contributed by atoms with van der Waals surface area (Å²) >= 11 is 0. The number of esters is 2. The second-order valence-corrected chi connectivity index (χ2v) is 21.7. The summed E-state index contributed by atoms with van der Waals surface area (Å²) < 4.78 is 22.9. The van der Waals surface area contributed by atoms with Crippen LogP contribution in [0, 0.1) is 0 Å². The maximum absolute atomic E-state index is 12.9. The van der Waals surface area contributed by atoms with Gasteiger partial charge in [0.1, 0.15) is 13.2 Å². The maximum Gasteiger partial charge on any atom is 0.361 e. The molecule has 420 valence electrons. The van der Waals surface area contributed by atoms with Gasteiger partial charge in [-0.3, -0.25) is 9.59 Å². The number of hydrogen-bond donors (Lipinski definition) is 1. The molecule has 2 atom stereocenters. The fourth-order valence-electron chi connectivity index (χ4n) is 8.60. The lowest BCUT2D eigenvalue weighted by Gasteiger charge is -2.25. The molecule has 0 aliphatic heterocycles. The van der Waals surface area contributed by atoms with Gasteiger partial charge in [-0.15, -0.1) is 0 Å². The SMILES string of the molecule is CCCCCCC/C=C\C/C=C\C/C=C\CCCCCCCCCCCCCCCCC(=O)OC(COC(=O)CCCCCCCCC/C=C\CCCCCCCCC)COC(OCC[N+](C)(C)C)C(=O)O. The third-order valence-electron chi connectivity index (χ3n) is 13.3. The van der Waals surface area contributed by atoms with Crippen molar-refractivity contribution >= 4 is 17.9 Å². The van der Waals surface area contributed by atoms with E-state index in [0.717, 1.165) is 51.4 Å². The van der Waals surface area contributed by atoms with E-state index in [0.29, 0.717) is 17.4 Å². The van der Waals surface area contributed by atoms with Crippen molar-refractivity contribution in [3.63, 3.8) is 0 Å². The van der Waals surface area contributed by atoms with E-state index in [4.69, 9.17) is 18.9 Å². The summed E-state index contributed by atoms with van der Waals surface area (Å²) in [5, 5.41) is 9.71. The molecule has 72 heavy (non-hydrogen) atoms. The van der Waals surface area contributed by atoms with Crippen molar-refractivity contribution in [3.8, 4) is 0 Å². The number of carboxylic acid groups (broad SMARTS) is 1. The van der Waals surface area contributed by atoms with Gasteiger partial charge in [0.2, 0.25) is 0 Å². The molecule has 0 radical (unpaired) electrons. The molecule has 0 rings (SSSR count). The summed E-state index contributed by atoms with van der Waals surface area (Å²) in [6.45, 7) is 4.89. The highest BCUT2D eigenvalue weighted by Crippen LogP contribution is 2.16. The molecule has 0 heterocycles. The molecule has 0 saturated carbocycles. The van der Waals surface area contributed by atoms with Crippen LogP contribution in [-0.4, -0.2) is 87.4 Å². The number of allylic oxidation sites excluding steroid dienone is 8. The summed E-state index contributed by atoms with van der Waals surface area (Å²) in [5.41, 5.74) is 0. The Morgan fingerprint density at radius 2 is 0.750 bits per heavy atom. The van der Waals surface area contributed by atoms with Crippen molar-refractivity contribution in [2.75, 3.05) is 47.5 Å². The molecule has 0 aliphatic rings. The first-order valence-corrected chi connectivity index (χ1v) is 30.3. The minimum absolute atomic E-state index is 0.183. The number of unbranched alkanes of at least 4 members (excludes halogenated alkanes) is 33. The zero-order valence-corrected chi connectivity index (χ0v) is 47.8. The van der Waals surface area contributed by atoms with Crippen molar-refractivity contribution in [2.45, 2.75) is 289 Å². The third-order valence-corrected chi connectivity index (χ3v) is 13.3. The van der Waals surface area contributed by atoms with Crippen LogP contribution >= 0.6 is 0 Å². The van der Waals surface area contributed by atoms with Crippen molar-refractivity contribution in [2.24, 2.45) is 0 Å². The van der Waals surface area contributed by atoms with Crippen LogP contribution in [0.25, 0.3) is 0 Å². The summed E-state index contributed by atoms with van der Waals surface area (Å²) in [5.74, 6) is -2.00. The summed E-state index contributed by atoms with van der Waals surface area (Å²) in [4.78, 5) is 37.4. The maximum atomic E-state index is 12.9. The predicted molar refractivity (Wildman–Crippen MR) is 304 cm³/mol. The fourth-order valence-corrected chi connectivity index (χ4v) is 8.60. The van der Waals surface area contributed by atoms with Gasteiger partial charge in [-0.1, -0.05) is 236 Å². The number of likely N-dealkylation sites (N-methyl/N-ethyl adjacent to an activating group) is 1. The smallest absolute Gasteiger partial charge is 0.361 e. The van der Waals surface area contributed by atoms with Gasteiger partial charge in [-0.25, -0.2) is 4.79 Å². The Balaban J connectivity index is 4.18. The van der Waals surface area contributed by atoms with Crippen LogP contribution in [-0.2, 0) is 33.3 Å². The highest BCUT2D eigenvalue weighted by molar-refractivity contribution is 5.71. The Bertz CT molecular complexity index is 1320. The molecule has 9 heteroatoms. The number of nitrogens with zero attached hydrogens (tertiary/aromatic N) is 1. The molecule has 0 bridgehead atoms. The first kappa shape index (κ1) is 69.2. The van der Waals surface area contributed by atoms with E-state index in [9.17, 15) is 19.5 Å². The molecule has 9 nitrogen and oxygen atoms in total. The third kappa shape index (κ3) is 55.0. The largest absolute Gasteiger partial charge is 0.477 e. The molecule has 0 saturated heterocycles. The van der Waals surface area contributed by atoms with Gasteiger partial charge in [0, 0.05) is 12.8 Å². The van der Waals surface area contributed by atoms with Crippen LogP contribution in [0.2, 0.25) is 0 Å². The molecule has 0 aromatic heterocycles. The second-order valence-electron chi connectivity index (χ2n) is 21.7. The lowest BCUT2D eigenvalue weighted by Crippen LogP contribution is -2.40. The number of carbonyl (C=O) groups excluding carboxylic acids is 2. The number of rotatable bonds is 56. The van der Waals surface area contributed by atoms with E-state index in [1.165, 1.54) is 199 Å². The lowest BCUT2D eigenvalue weighted by molar-refractivity contribution is -0.870. The zero-order chi connectivity index (χ0) is 52.7. The highest BCUT2D eigenvalue weighted by Gasteiger charge is 2.25. The van der Waals surface area contributed by atoms with E-state index in [-0.39, 0.29) is 32.2 Å². The summed E-state index contributed by atoms with van der Waals surface area (Å²) in [6, 6.07) is 0. The van der Waals surface area contributed by atoms with Crippen LogP contribution in [0.4, 0.5) is 0 Å². The summed E-state index contributed by atoms with van der Waals surface area (Å²) in [6.07, 6.45) is 64.8. The van der Waals surface area contributed by atoms with Crippen LogP contribution < -0.4 is 0 Å². The number of hydrogen-bond acceptors (Lipinski definition) is 7. The molecule has 0 spiro atoms. The Hall–Kier alpha value is -2.75. The molecular weight excluding hydrogens is 899 g/mol. The average Bonchev–Trinajstić information content (AvgIpc) is 3.35. The van der Waals surface area contributed by atoms with E-state index in [1.54, 1.807) is 0 Å². The number of carbonyl (C=O) groups is 3. The standard InChI is InChI=1S/C63H115NO8/c1-6-8-10-12-14-16-18-20-22-24-26-27-28-29-30-31-32-33-34-35-36-38-40-42-44-46-48-50-52-54-61(66)72-59(58-71-63(62(67)68)69-56-55-64(3,4)5)57-70-60(65)53-51-49-47-45-43-41-39-37-25-23-21-19-17-15-13-11-9-7-2/h18,20,23-26,28-29,59,63H,6-17,19,21-22,27,30-58H2,1-5H3/p+1/b20-18-,25-23-,26-24-,29-28-. The minimum Gasteiger partial charge on any atom is -0.477 e. The first-order chi connectivity index (χ1) is 35.1. The van der Waals surface area contributed by atoms with E-state index >= 15 is 0 Å². The molecule has 1 N–H and O–H groups in total. The topological polar surface area (TPSA) is 108 Å². The predicted octanol–water partition coefficient (Wildman–Crippen LogP) is 17.9. The average molecular weight is 1020 g/mol. The molecular formula is C63H116NO8+. The molecule has 0 aliphatic carbocycles. The Kier molecular flexibility index (Phi) is 52.4. The monoisotopic (exact) mass is 1010 g/mol. The minimum atomic E-state index is -1.51. The molecule has 0 fully saturated rings. The van der Waals surface area contributed by atoms with Crippen molar-refractivity contribution in [3.05, 3.63) is 48.6 Å². The molecule has 0 aromatic rings. The van der Waals surface area contributed by atoms with Gasteiger partial charge >= 0.3 is 17.9 Å². The number of quaternary nitrogens is 1. The van der Waals surface area contributed by atoms with Crippen molar-refractivity contribution in [1.29, 1.82) is 0 Å². The normalized spacial score (nSPS) is 13.1. The van der Waals surface area contributed by atoms with Crippen LogP contribution in [0.1, 0.15) is 277 Å². The van der Waals surface area contributed by atoms with Gasteiger partial charge in [0.25, 0.3) is 6.29 Å². The summed E-state index contributed by atoms with van der Waals surface area (Å²) in [7, 11) is 5.97. The van der Waals surface area contributed by atoms with Gasteiger partial charge in [-0.05, 0) is 77.0 Å². The quantitative estimate of drug-likeness (QED) is 0.0211. The van der Waals surface area contributed by atoms with E-state index in [2.05, 4.69) is 62.5 Å². The molecule has 0 amide bonds. The second kappa shape index (κ2) is 54.5.